The Morgan fingerprint density at radius 1 is 1.04 bits per heavy atom. The van der Waals surface area contributed by atoms with Crippen LogP contribution < -0.4 is 10.1 Å². The van der Waals surface area contributed by atoms with E-state index in [-0.39, 0.29) is 17.4 Å². The van der Waals surface area contributed by atoms with E-state index >= 15 is 0 Å². The second kappa shape index (κ2) is 8.19. The van der Waals surface area contributed by atoms with E-state index in [0.29, 0.717) is 5.75 Å². The highest BCUT2D eigenvalue weighted by molar-refractivity contribution is 5.81. The summed E-state index contributed by atoms with van der Waals surface area (Å²) in [5.41, 5.74) is 2.46. The van der Waals surface area contributed by atoms with Crippen molar-refractivity contribution in [2.75, 3.05) is 0 Å². The summed E-state index contributed by atoms with van der Waals surface area (Å²) in [5, 5.41) is 3.07. The molecule has 0 radical (unpaired) electrons. The molecule has 0 aromatic heterocycles. The van der Waals surface area contributed by atoms with E-state index in [1.807, 2.05) is 42.5 Å². The highest BCUT2D eigenvalue weighted by Crippen LogP contribution is 2.25. The zero-order chi connectivity index (χ0) is 18.4. The van der Waals surface area contributed by atoms with Gasteiger partial charge in [0.25, 0.3) is 5.91 Å². The Morgan fingerprint density at radius 3 is 2.16 bits per heavy atom. The third-order valence-electron chi connectivity index (χ3n) is 4.33. The van der Waals surface area contributed by atoms with Crippen molar-refractivity contribution in [3.8, 4) is 5.75 Å². The molecule has 1 amide bonds. The molecule has 0 spiro atoms. The SMILES string of the molecule is CCC(NC(=O)C(C)Oc1ccc(C(C)(C)C)cc1)c1ccccc1. The Labute approximate surface area is 151 Å². The Hall–Kier alpha value is -2.29. The van der Waals surface area contributed by atoms with E-state index in [0.717, 1.165) is 12.0 Å². The number of nitrogens with one attached hydrogen (secondary N) is 1. The van der Waals surface area contributed by atoms with Crippen LogP contribution in [-0.4, -0.2) is 12.0 Å². The van der Waals surface area contributed by atoms with Gasteiger partial charge in [-0.05, 0) is 42.0 Å². The zero-order valence-electron chi connectivity index (χ0n) is 15.9. The fourth-order valence-corrected chi connectivity index (χ4v) is 2.69. The van der Waals surface area contributed by atoms with Gasteiger partial charge in [-0.3, -0.25) is 4.79 Å². The van der Waals surface area contributed by atoms with Crippen LogP contribution >= 0.6 is 0 Å². The van der Waals surface area contributed by atoms with E-state index in [2.05, 4.69) is 45.1 Å². The fourth-order valence-electron chi connectivity index (χ4n) is 2.69. The summed E-state index contributed by atoms with van der Waals surface area (Å²) in [4.78, 5) is 12.5. The molecule has 134 valence electrons. The molecule has 0 saturated carbocycles. The summed E-state index contributed by atoms with van der Waals surface area (Å²) in [6.07, 6.45) is 0.293. The van der Waals surface area contributed by atoms with Gasteiger partial charge in [-0.1, -0.05) is 70.2 Å². The summed E-state index contributed by atoms with van der Waals surface area (Å²) in [5.74, 6) is 0.610. The van der Waals surface area contributed by atoms with Crippen LogP contribution in [0.4, 0.5) is 0 Å². The van der Waals surface area contributed by atoms with Crippen molar-refractivity contribution < 1.29 is 9.53 Å². The molecule has 0 aliphatic carbocycles. The highest BCUT2D eigenvalue weighted by atomic mass is 16.5. The van der Waals surface area contributed by atoms with Crippen LogP contribution in [0.2, 0.25) is 0 Å². The maximum Gasteiger partial charge on any atom is 0.261 e. The van der Waals surface area contributed by atoms with Gasteiger partial charge >= 0.3 is 0 Å². The number of carbonyl (C=O) groups excluding carboxylic acids is 1. The van der Waals surface area contributed by atoms with E-state index in [1.165, 1.54) is 5.56 Å². The summed E-state index contributed by atoms with van der Waals surface area (Å²) in [7, 11) is 0. The summed E-state index contributed by atoms with van der Waals surface area (Å²) >= 11 is 0. The lowest BCUT2D eigenvalue weighted by Gasteiger charge is -2.22. The molecule has 0 saturated heterocycles. The van der Waals surface area contributed by atoms with Crippen molar-refractivity contribution in [2.45, 2.75) is 58.6 Å². The number of hydrogen-bond acceptors (Lipinski definition) is 2. The Kier molecular flexibility index (Phi) is 6.24. The van der Waals surface area contributed by atoms with E-state index in [4.69, 9.17) is 4.74 Å². The van der Waals surface area contributed by atoms with Crippen molar-refractivity contribution in [1.29, 1.82) is 0 Å². The average Bonchev–Trinajstić information content (AvgIpc) is 2.59. The van der Waals surface area contributed by atoms with Gasteiger partial charge in [0.15, 0.2) is 6.10 Å². The molecule has 3 heteroatoms. The Morgan fingerprint density at radius 2 is 1.64 bits per heavy atom. The molecule has 0 fully saturated rings. The summed E-state index contributed by atoms with van der Waals surface area (Å²) in [6.45, 7) is 10.4. The standard InChI is InChI=1S/C22H29NO2/c1-6-20(17-10-8-7-9-11-17)23-21(24)16(2)25-19-14-12-18(13-15-19)22(3,4)5/h7-16,20H,6H2,1-5H3,(H,23,24). The molecule has 2 aromatic carbocycles. The molecule has 2 unspecified atom stereocenters. The molecular weight excluding hydrogens is 310 g/mol. The third-order valence-corrected chi connectivity index (χ3v) is 4.33. The maximum absolute atomic E-state index is 12.5. The number of carbonyl (C=O) groups is 1. The fraction of sp³-hybridized carbons (Fsp3) is 0.409. The van der Waals surface area contributed by atoms with E-state index in [9.17, 15) is 4.79 Å². The van der Waals surface area contributed by atoms with Crippen molar-refractivity contribution in [1.82, 2.24) is 5.32 Å². The molecular formula is C22H29NO2. The maximum atomic E-state index is 12.5. The predicted octanol–water partition coefficient (Wildman–Crippen LogP) is 5.02. The Bertz CT molecular complexity index is 671. The number of rotatable bonds is 6. The van der Waals surface area contributed by atoms with Crippen molar-refractivity contribution in [3.05, 3.63) is 65.7 Å². The lowest BCUT2D eigenvalue weighted by molar-refractivity contribution is -0.128. The van der Waals surface area contributed by atoms with Gasteiger partial charge in [0.1, 0.15) is 5.75 Å². The lowest BCUT2D eigenvalue weighted by Crippen LogP contribution is -2.38. The summed E-state index contributed by atoms with van der Waals surface area (Å²) < 4.78 is 5.81. The van der Waals surface area contributed by atoms with Gasteiger partial charge in [0, 0.05) is 0 Å². The van der Waals surface area contributed by atoms with E-state index < -0.39 is 6.10 Å². The van der Waals surface area contributed by atoms with Gasteiger partial charge in [-0.15, -0.1) is 0 Å². The second-order valence-electron chi connectivity index (χ2n) is 7.41. The molecule has 0 aliphatic rings. The Balaban J connectivity index is 1.98. The average molecular weight is 339 g/mol. The van der Waals surface area contributed by atoms with Crippen LogP contribution in [0.5, 0.6) is 5.75 Å². The number of amides is 1. The second-order valence-corrected chi connectivity index (χ2v) is 7.41. The van der Waals surface area contributed by atoms with Gasteiger partial charge in [-0.2, -0.15) is 0 Å². The first kappa shape index (κ1) is 19.0. The van der Waals surface area contributed by atoms with Gasteiger partial charge in [-0.25, -0.2) is 0 Å². The minimum absolute atomic E-state index is 0.00279. The summed E-state index contributed by atoms with van der Waals surface area (Å²) in [6, 6.07) is 18.0. The van der Waals surface area contributed by atoms with Crippen LogP contribution in [0.1, 0.15) is 58.2 Å². The molecule has 1 N–H and O–H groups in total. The van der Waals surface area contributed by atoms with E-state index in [1.54, 1.807) is 6.92 Å². The van der Waals surface area contributed by atoms with Crippen molar-refractivity contribution in [3.63, 3.8) is 0 Å². The first-order chi connectivity index (χ1) is 11.8. The van der Waals surface area contributed by atoms with Crippen LogP contribution in [0, 0.1) is 0 Å². The number of ether oxygens (including phenoxy) is 1. The van der Waals surface area contributed by atoms with Crippen molar-refractivity contribution in [2.24, 2.45) is 0 Å². The molecule has 2 rings (SSSR count). The lowest BCUT2D eigenvalue weighted by atomic mass is 9.87. The monoisotopic (exact) mass is 339 g/mol. The number of hydrogen-bond donors (Lipinski definition) is 1. The third kappa shape index (κ3) is 5.35. The van der Waals surface area contributed by atoms with Gasteiger partial charge < -0.3 is 10.1 Å². The molecule has 3 nitrogen and oxygen atoms in total. The smallest absolute Gasteiger partial charge is 0.261 e. The minimum atomic E-state index is -0.543. The topological polar surface area (TPSA) is 38.3 Å². The van der Waals surface area contributed by atoms with Crippen LogP contribution in [0.3, 0.4) is 0 Å². The zero-order valence-corrected chi connectivity index (χ0v) is 15.9. The normalized spacial score (nSPS) is 13.8. The molecule has 0 aliphatic heterocycles. The number of benzene rings is 2. The molecule has 2 atom stereocenters. The van der Waals surface area contributed by atoms with Crippen LogP contribution in [-0.2, 0) is 10.2 Å². The molecule has 0 heterocycles. The first-order valence-electron chi connectivity index (χ1n) is 8.93. The van der Waals surface area contributed by atoms with Gasteiger partial charge in [0.2, 0.25) is 0 Å². The minimum Gasteiger partial charge on any atom is -0.481 e. The largest absolute Gasteiger partial charge is 0.481 e. The van der Waals surface area contributed by atoms with Crippen LogP contribution in [0.25, 0.3) is 0 Å². The molecule has 2 aromatic rings. The van der Waals surface area contributed by atoms with Gasteiger partial charge in [0.05, 0.1) is 6.04 Å². The predicted molar refractivity (Wildman–Crippen MR) is 103 cm³/mol. The van der Waals surface area contributed by atoms with Crippen LogP contribution in [0.15, 0.2) is 54.6 Å². The molecule has 0 bridgehead atoms. The molecule has 25 heavy (non-hydrogen) atoms. The highest BCUT2D eigenvalue weighted by Gasteiger charge is 2.20. The van der Waals surface area contributed by atoms with Crippen molar-refractivity contribution >= 4 is 5.91 Å². The quantitative estimate of drug-likeness (QED) is 0.802. The first-order valence-corrected chi connectivity index (χ1v) is 8.93.